The molecule has 1 rings (SSSR count). The van der Waals surface area contributed by atoms with Crippen LogP contribution in [-0.2, 0) is 4.79 Å². The Labute approximate surface area is 127 Å². The lowest BCUT2D eigenvalue weighted by atomic mass is 9.66. The monoisotopic (exact) mass is 300 g/mol. The lowest BCUT2D eigenvalue weighted by molar-refractivity contribution is -0.148. The molecule has 6 nitrogen and oxygen atoms in total. The van der Waals surface area contributed by atoms with Crippen molar-refractivity contribution in [1.29, 1.82) is 0 Å². The second-order valence-electron chi connectivity index (χ2n) is 6.23. The van der Waals surface area contributed by atoms with Crippen LogP contribution in [0.5, 0.6) is 0 Å². The van der Waals surface area contributed by atoms with Crippen LogP contribution in [0.3, 0.4) is 0 Å². The molecule has 0 radical (unpaired) electrons. The van der Waals surface area contributed by atoms with E-state index in [-0.39, 0.29) is 18.2 Å². The van der Waals surface area contributed by atoms with Gasteiger partial charge < -0.3 is 25.8 Å². The Kier molecular flexibility index (Phi) is 7.13. The van der Waals surface area contributed by atoms with Gasteiger partial charge in [0.1, 0.15) is 5.54 Å². The summed E-state index contributed by atoms with van der Waals surface area (Å²) in [5.41, 5.74) is 5.05. The van der Waals surface area contributed by atoms with Gasteiger partial charge in [-0.1, -0.05) is 20.3 Å². The summed E-state index contributed by atoms with van der Waals surface area (Å²) >= 11 is 0. The van der Waals surface area contributed by atoms with Gasteiger partial charge in [0.25, 0.3) is 0 Å². The lowest BCUT2D eigenvalue weighted by Crippen LogP contribution is -2.60. The molecule has 1 fully saturated rings. The summed E-state index contributed by atoms with van der Waals surface area (Å²) in [6, 6.07) is 0. The molecular weight excluding hydrogens is 271 g/mol. The highest BCUT2D eigenvalue weighted by Crippen LogP contribution is 2.38. The molecule has 1 aliphatic rings. The third kappa shape index (κ3) is 4.95. The summed E-state index contributed by atoms with van der Waals surface area (Å²) in [5, 5.41) is 27.5. The first-order valence-electron chi connectivity index (χ1n) is 7.94. The number of hydrogen-bond donors (Lipinski definition) is 4. The van der Waals surface area contributed by atoms with Crippen LogP contribution >= 0.6 is 0 Å². The van der Waals surface area contributed by atoms with E-state index in [0.717, 1.165) is 25.9 Å². The zero-order valence-electron chi connectivity index (χ0n) is 13.2. The van der Waals surface area contributed by atoms with Crippen molar-refractivity contribution >= 4 is 13.1 Å². The minimum Gasteiger partial charge on any atom is -0.480 e. The SMILES string of the molecule is CCN(CC)CC1CCC(CCB(O)O)CC1(N)C(=O)O. The van der Waals surface area contributed by atoms with E-state index in [9.17, 15) is 9.90 Å². The zero-order valence-corrected chi connectivity index (χ0v) is 13.2. The Balaban J connectivity index is 2.72. The highest BCUT2D eigenvalue weighted by atomic mass is 16.4. The van der Waals surface area contributed by atoms with E-state index in [1.165, 1.54) is 0 Å². The number of rotatable bonds is 8. The van der Waals surface area contributed by atoms with Crippen LogP contribution in [0, 0.1) is 11.8 Å². The predicted molar refractivity (Wildman–Crippen MR) is 82.8 cm³/mol. The van der Waals surface area contributed by atoms with E-state index in [1.54, 1.807) is 0 Å². The van der Waals surface area contributed by atoms with E-state index >= 15 is 0 Å². The molecule has 21 heavy (non-hydrogen) atoms. The van der Waals surface area contributed by atoms with Gasteiger partial charge in [0.15, 0.2) is 0 Å². The Morgan fingerprint density at radius 2 is 1.95 bits per heavy atom. The van der Waals surface area contributed by atoms with Gasteiger partial charge in [-0.15, -0.1) is 0 Å². The maximum atomic E-state index is 11.7. The summed E-state index contributed by atoms with van der Waals surface area (Å²) in [7, 11) is -1.32. The molecule has 0 aromatic carbocycles. The van der Waals surface area contributed by atoms with Crippen LogP contribution in [0.25, 0.3) is 0 Å². The van der Waals surface area contributed by atoms with E-state index < -0.39 is 18.6 Å². The van der Waals surface area contributed by atoms with Crippen LogP contribution in [0.4, 0.5) is 0 Å². The molecule has 0 aromatic heterocycles. The van der Waals surface area contributed by atoms with Crippen LogP contribution in [0.2, 0.25) is 6.32 Å². The second-order valence-corrected chi connectivity index (χ2v) is 6.23. The van der Waals surface area contributed by atoms with E-state index in [0.29, 0.717) is 19.4 Å². The summed E-state index contributed by atoms with van der Waals surface area (Å²) in [6.45, 7) is 6.63. The fourth-order valence-electron chi connectivity index (χ4n) is 3.38. The van der Waals surface area contributed by atoms with Crippen LogP contribution in [-0.4, -0.2) is 58.3 Å². The average Bonchev–Trinajstić information content (AvgIpc) is 2.44. The molecule has 0 heterocycles. The number of carboxylic acid groups (broad SMARTS) is 1. The van der Waals surface area contributed by atoms with E-state index in [1.807, 2.05) is 0 Å². The highest BCUT2D eigenvalue weighted by Gasteiger charge is 2.47. The maximum absolute atomic E-state index is 11.7. The van der Waals surface area contributed by atoms with Gasteiger partial charge in [-0.2, -0.15) is 0 Å². The van der Waals surface area contributed by atoms with Crippen molar-refractivity contribution in [1.82, 2.24) is 4.90 Å². The van der Waals surface area contributed by atoms with Gasteiger partial charge >= 0.3 is 13.1 Å². The van der Waals surface area contributed by atoms with Gasteiger partial charge in [-0.25, -0.2) is 0 Å². The molecule has 5 N–H and O–H groups in total. The van der Waals surface area contributed by atoms with Crippen molar-refractivity contribution in [3.8, 4) is 0 Å². The molecule has 1 aliphatic carbocycles. The Bertz CT molecular complexity index is 339. The second kappa shape index (κ2) is 8.12. The van der Waals surface area contributed by atoms with Crippen molar-refractivity contribution in [2.45, 2.75) is 51.4 Å². The van der Waals surface area contributed by atoms with Crippen molar-refractivity contribution in [2.75, 3.05) is 19.6 Å². The third-order valence-electron chi connectivity index (χ3n) is 4.88. The number of nitrogens with two attached hydrogens (primary N) is 1. The molecule has 7 heteroatoms. The highest BCUT2D eigenvalue weighted by molar-refractivity contribution is 6.40. The maximum Gasteiger partial charge on any atom is 0.451 e. The number of nitrogens with zero attached hydrogens (tertiary/aromatic N) is 1. The first kappa shape index (κ1) is 18.4. The van der Waals surface area contributed by atoms with Crippen LogP contribution < -0.4 is 5.73 Å². The fourth-order valence-corrected chi connectivity index (χ4v) is 3.38. The fraction of sp³-hybridized carbons (Fsp3) is 0.929. The van der Waals surface area contributed by atoms with Gasteiger partial charge in [0, 0.05) is 12.5 Å². The summed E-state index contributed by atoms with van der Waals surface area (Å²) < 4.78 is 0. The summed E-state index contributed by atoms with van der Waals surface area (Å²) in [5.74, 6) is -0.833. The number of hydrogen-bond acceptors (Lipinski definition) is 5. The molecule has 3 atom stereocenters. The molecular formula is C14H29BN2O4. The average molecular weight is 300 g/mol. The topological polar surface area (TPSA) is 107 Å². The molecule has 0 amide bonds. The molecule has 0 bridgehead atoms. The first-order chi connectivity index (χ1) is 9.83. The zero-order chi connectivity index (χ0) is 16.0. The number of carboxylic acids is 1. The van der Waals surface area contributed by atoms with E-state index in [4.69, 9.17) is 15.8 Å². The Morgan fingerprint density at radius 3 is 2.43 bits per heavy atom. The molecule has 122 valence electrons. The van der Waals surface area contributed by atoms with Gasteiger partial charge in [0.2, 0.25) is 0 Å². The molecule has 0 aromatic rings. The predicted octanol–water partition coefficient (Wildman–Crippen LogP) is 0.390. The smallest absolute Gasteiger partial charge is 0.451 e. The largest absolute Gasteiger partial charge is 0.480 e. The van der Waals surface area contributed by atoms with Crippen molar-refractivity contribution in [3.63, 3.8) is 0 Å². The standard InChI is InChI=1S/C14H29BN2O4/c1-3-17(4-2)10-12-6-5-11(7-8-15(20)21)9-14(12,16)13(18)19/h11-12,20-21H,3-10,16H2,1-2H3,(H,18,19). The normalized spacial score (nSPS) is 29.6. The van der Waals surface area contributed by atoms with Gasteiger partial charge in [-0.05, 0) is 44.6 Å². The van der Waals surface area contributed by atoms with Crippen molar-refractivity contribution in [2.24, 2.45) is 17.6 Å². The molecule has 1 saturated carbocycles. The van der Waals surface area contributed by atoms with Gasteiger partial charge in [-0.3, -0.25) is 4.79 Å². The van der Waals surface area contributed by atoms with Crippen LogP contribution in [0.15, 0.2) is 0 Å². The third-order valence-corrected chi connectivity index (χ3v) is 4.88. The van der Waals surface area contributed by atoms with Crippen molar-refractivity contribution in [3.05, 3.63) is 0 Å². The number of aliphatic carboxylic acids is 1. The van der Waals surface area contributed by atoms with E-state index in [2.05, 4.69) is 18.7 Å². The molecule has 0 spiro atoms. The molecule has 3 unspecified atom stereocenters. The number of carbonyl (C=O) groups is 1. The quantitative estimate of drug-likeness (QED) is 0.483. The van der Waals surface area contributed by atoms with Crippen molar-refractivity contribution < 1.29 is 19.9 Å². The Morgan fingerprint density at radius 1 is 1.33 bits per heavy atom. The lowest BCUT2D eigenvalue weighted by Gasteiger charge is -2.43. The summed E-state index contributed by atoms with van der Waals surface area (Å²) in [6.07, 6.45) is 3.00. The summed E-state index contributed by atoms with van der Waals surface area (Å²) in [4.78, 5) is 13.9. The minimum absolute atomic E-state index is 0.0507. The molecule has 0 saturated heterocycles. The minimum atomic E-state index is -1.32. The molecule has 0 aliphatic heterocycles. The van der Waals surface area contributed by atoms with Crippen LogP contribution in [0.1, 0.15) is 39.5 Å². The Hall–Kier alpha value is -0.625. The van der Waals surface area contributed by atoms with Gasteiger partial charge in [0.05, 0.1) is 0 Å². The first-order valence-corrected chi connectivity index (χ1v) is 7.94.